The van der Waals surface area contributed by atoms with Crippen LogP contribution in [0.15, 0.2) is 55.6 Å². The Morgan fingerprint density at radius 3 is 2.45 bits per heavy atom. The molecule has 2 aromatic rings. The maximum Gasteiger partial charge on any atom is 0.314 e. The number of amides is 2. The monoisotopic (exact) mass is 288 g/mol. The lowest BCUT2D eigenvalue weighted by Crippen LogP contribution is -2.22. The number of hydrogen-bond acceptors (Lipinski definition) is 6. The fourth-order valence-corrected chi connectivity index (χ4v) is 2.29. The van der Waals surface area contributed by atoms with Crippen molar-refractivity contribution < 1.29 is 18.4 Å². The average Bonchev–Trinajstić information content (AvgIpc) is 3.13. The number of furan rings is 2. The van der Waals surface area contributed by atoms with Gasteiger partial charge in [-0.1, -0.05) is 0 Å². The van der Waals surface area contributed by atoms with Crippen LogP contribution in [0, 0.1) is 0 Å². The fraction of sp³-hybridized carbons (Fsp3) is 0. The molecule has 0 bridgehead atoms. The van der Waals surface area contributed by atoms with Crippen molar-refractivity contribution in [3.05, 3.63) is 53.2 Å². The molecule has 3 heterocycles. The zero-order valence-corrected chi connectivity index (χ0v) is 10.9. The molecule has 2 amide bonds. The third kappa shape index (κ3) is 2.43. The van der Waals surface area contributed by atoms with Crippen LogP contribution < -0.4 is 0 Å². The van der Waals surface area contributed by atoms with E-state index in [0.29, 0.717) is 11.5 Å². The van der Waals surface area contributed by atoms with E-state index in [4.69, 9.17) is 8.83 Å². The first kappa shape index (κ1) is 12.5. The zero-order chi connectivity index (χ0) is 13.9. The molecule has 6 nitrogen and oxygen atoms in total. The average molecular weight is 288 g/mol. The Bertz CT molecular complexity index is 686. The van der Waals surface area contributed by atoms with E-state index < -0.39 is 11.1 Å². The van der Waals surface area contributed by atoms with E-state index in [0.717, 1.165) is 16.8 Å². The van der Waals surface area contributed by atoms with Gasteiger partial charge in [-0.15, -0.1) is 0 Å². The number of imide groups is 1. The summed E-state index contributed by atoms with van der Waals surface area (Å²) >= 11 is 0.811. The Morgan fingerprint density at radius 1 is 1.10 bits per heavy atom. The third-order valence-electron chi connectivity index (χ3n) is 2.43. The molecule has 2 aromatic heterocycles. The highest BCUT2D eigenvalue weighted by molar-refractivity contribution is 8.18. The van der Waals surface area contributed by atoms with Crippen molar-refractivity contribution in [2.45, 2.75) is 0 Å². The number of carbonyl (C=O) groups excluding carboxylic acids is 2. The third-order valence-corrected chi connectivity index (χ3v) is 3.29. The van der Waals surface area contributed by atoms with Crippen molar-refractivity contribution in [3.63, 3.8) is 0 Å². The highest BCUT2D eigenvalue weighted by atomic mass is 32.2. The number of hydrogen-bond donors (Lipinski definition) is 0. The summed E-state index contributed by atoms with van der Waals surface area (Å²) in [7, 11) is 0. The van der Waals surface area contributed by atoms with Crippen LogP contribution in [0.25, 0.3) is 6.08 Å². The lowest BCUT2D eigenvalue weighted by atomic mass is 10.4. The van der Waals surface area contributed by atoms with Crippen molar-refractivity contribution in [2.75, 3.05) is 0 Å². The summed E-state index contributed by atoms with van der Waals surface area (Å²) in [6, 6.07) is 6.75. The Labute approximate surface area is 117 Å². The zero-order valence-electron chi connectivity index (χ0n) is 10.1. The molecule has 1 fully saturated rings. The molecule has 1 saturated heterocycles. The van der Waals surface area contributed by atoms with Crippen LogP contribution in [0.4, 0.5) is 4.79 Å². The maximum atomic E-state index is 12.0. The predicted octanol–water partition coefficient (Wildman–Crippen LogP) is 2.94. The molecule has 7 heteroatoms. The minimum atomic E-state index is -0.487. The van der Waals surface area contributed by atoms with Gasteiger partial charge in [0.1, 0.15) is 11.5 Å². The molecule has 100 valence electrons. The summed E-state index contributed by atoms with van der Waals surface area (Å²) in [5.74, 6) is 0.476. The van der Waals surface area contributed by atoms with Crippen LogP contribution in [0.5, 0.6) is 0 Å². The van der Waals surface area contributed by atoms with E-state index in [1.807, 2.05) is 0 Å². The second-order valence-corrected chi connectivity index (χ2v) is 4.76. The molecule has 1 aliphatic heterocycles. The summed E-state index contributed by atoms with van der Waals surface area (Å²) in [6.07, 6.45) is 5.79. The number of hydrazone groups is 1. The standard InChI is InChI=1S/C13H8N2O4S/c16-12-11(7-9-3-1-5-18-9)20-13(17)15(12)14-8-10-4-2-6-19-10/h1-8H/b11-7-,14-8+. The van der Waals surface area contributed by atoms with Crippen LogP contribution in [0.1, 0.15) is 11.5 Å². The van der Waals surface area contributed by atoms with Gasteiger partial charge in [0.15, 0.2) is 0 Å². The molecule has 0 unspecified atom stereocenters. The van der Waals surface area contributed by atoms with Crippen LogP contribution >= 0.6 is 11.8 Å². The lowest BCUT2D eigenvalue weighted by molar-refractivity contribution is -0.122. The van der Waals surface area contributed by atoms with Gasteiger partial charge in [0.2, 0.25) is 0 Å². The number of carbonyl (C=O) groups is 2. The van der Waals surface area contributed by atoms with Gasteiger partial charge in [-0.3, -0.25) is 9.59 Å². The van der Waals surface area contributed by atoms with Gasteiger partial charge < -0.3 is 8.83 Å². The molecule has 0 atom stereocenters. The first-order chi connectivity index (χ1) is 9.74. The Kier molecular flexibility index (Phi) is 3.26. The number of rotatable bonds is 3. The van der Waals surface area contributed by atoms with Gasteiger partial charge in [-0.2, -0.15) is 10.1 Å². The molecular weight excluding hydrogens is 280 g/mol. The first-order valence-corrected chi connectivity index (χ1v) is 6.44. The fourth-order valence-electron chi connectivity index (χ4n) is 1.54. The first-order valence-electron chi connectivity index (χ1n) is 5.63. The van der Waals surface area contributed by atoms with E-state index >= 15 is 0 Å². The molecule has 1 aliphatic rings. The van der Waals surface area contributed by atoms with Crippen LogP contribution in [-0.4, -0.2) is 22.4 Å². The van der Waals surface area contributed by atoms with E-state index in [1.165, 1.54) is 24.8 Å². The van der Waals surface area contributed by atoms with Gasteiger partial charge in [-0.05, 0) is 36.0 Å². The largest absolute Gasteiger partial charge is 0.465 e. The molecule has 3 rings (SSSR count). The predicted molar refractivity (Wildman–Crippen MR) is 72.8 cm³/mol. The molecule has 20 heavy (non-hydrogen) atoms. The van der Waals surface area contributed by atoms with Crippen LogP contribution in [0.2, 0.25) is 0 Å². The summed E-state index contributed by atoms with van der Waals surface area (Å²) in [5, 5.41) is 4.16. The Balaban J connectivity index is 1.80. The normalized spacial score (nSPS) is 17.8. The summed E-state index contributed by atoms with van der Waals surface area (Å²) in [5.41, 5.74) is 0. The van der Waals surface area contributed by atoms with E-state index in [1.54, 1.807) is 24.3 Å². The quantitative estimate of drug-likeness (QED) is 0.641. The summed E-state index contributed by atoms with van der Waals surface area (Å²) < 4.78 is 10.1. The SMILES string of the molecule is O=C1S/C(=C\c2ccco2)C(=O)N1/N=C/c1ccco1. The molecule has 0 N–H and O–H groups in total. The lowest BCUT2D eigenvalue weighted by Gasteiger charge is -2.02. The van der Waals surface area contributed by atoms with Crippen molar-refractivity contribution in [1.29, 1.82) is 0 Å². The molecule has 0 spiro atoms. The highest BCUT2D eigenvalue weighted by Gasteiger charge is 2.35. The van der Waals surface area contributed by atoms with Crippen molar-refractivity contribution >= 4 is 35.2 Å². The molecule has 0 aliphatic carbocycles. The summed E-state index contributed by atoms with van der Waals surface area (Å²) in [6.45, 7) is 0. The van der Waals surface area contributed by atoms with Crippen molar-refractivity contribution in [1.82, 2.24) is 5.01 Å². The van der Waals surface area contributed by atoms with E-state index in [-0.39, 0.29) is 4.91 Å². The maximum absolute atomic E-state index is 12.0. The van der Waals surface area contributed by atoms with Crippen molar-refractivity contribution in [3.8, 4) is 0 Å². The molecule has 0 saturated carbocycles. The van der Waals surface area contributed by atoms with Gasteiger partial charge >= 0.3 is 5.24 Å². The van der Waals surface area contributed by atoms with E-state index in [9.17, 15) is 9.59 Å². The topological polar surface area (TPSA) is 76.0 Å². The number of nitrogens with zero attached hydrogens (tertiary/aromatic N) is 2. The van der Waals surface area contributed by atoms with E-state index in [2.05, 4.69) is 5.10 Å². The van der Waals surface area contributed by atoms with Gasteiger partial charge in [0.05, 0.1) is 23.6 Å². The molecule has 0 radical (unpaired) electrons. The highest BCUT2D eigenvalue weighted by Crippen LogP contribution is 2.32. The molecule has 0 aromatic carbocycles. The van der Waals surface area contributed by atoms with Gasteiger partial charge in [0, 0.05) is 6.08 Å². The Hall–Kier alpha value is -2.54. The van der Waals surface area contributed by atoms with Crippen LogP contribution in [-0.2, 0) is 4.79 Å². The smallest absolute Gasteiger partial charge is 0.314 e. The molecular formula is C13H8N2O4S. The van der Waals surface area contributed by atoms with Gasteiger partial charge in [-0.25, -0.2) is 0 Å². The van der Waals surface area contributed by atoms with Crippen molar-refractivity contribution in [2.24, 2.45) is 5.10 Å². The minimum absolute atomic E-state index is 0.265. The minimum Gasteiger partial charge on any atom is -0.465 e. The Morgan fingerprint density at radius 2 is 1.80 bits per heavy atom. The number of thioether (sulfide) groups is 1. The second kappa shape index (κ2) is 5.22. The van der Waals surface area contributed by atoms with Gasteiger partial charge in [0.25, 0.3) is 5.91 Å². The van der Waals surface area contributed by atoms with Crippen LogP contribution in [0.3, 0.4) is 0 Å². The summed E-state index contributed by atoms with van der Waals surface area (Å²) in [4.78, 5) is 24.0. The second-order valence-electron chi connectivity index (χ2n) is 3.77.